The van der Waals surface area contributed by atoms with Crippen molar-refractivity contribution in [1.29, 1.82) is 0 Å². The summed E-state index contributed by atoms with van der Waals surface area (Å²) in [6.07, 6.45) is 2.48. The molecule has 1 unspecified atom stereocenters. The molecule has 50 heavy (non-hydrogen) atoms. The Morgan fingerprint density at radius 2 is 1.78 bits per heavy atom. The minimum absolute atomic E-state index is 0.00311. The van der Waals surface area contributed by atoms with E-state index in [0.717, 1.165) is 32.7 Å². The number of hydrogen-bond donors (Lipinski definition) is 3. The Hall–Kier alpha value is -5.30. The van der Waals surface area contributed by atoms with Crippen LogP contribution in [0.4, 0.5) is 4.39 Å². The van der Waals surface area contributed by atoms with Gasteiger partial charge in [0.2, 0.25) is 17.7 Å². The summed E-state index contributed by atoms with van der Waals surface area (Å²) in [6.45, 7) is 0.885. The Bertz CT molecular complexity index is 2090. The van der Waals surface area contributed by atoms with E-state index in [0.29, 0.717) is 60.5 Å². The van der Waals surface area contributed by atoms with Gasteiger partial charge in [0.15, 0.2) is 0 Å². The van der Waals surface area contributed by atoms with Crippen LogP contribution in [0.15, 0.2) is 59.5 Å². The number of nitrogens with one attached hydrogen (secondary N) is 3. The number of hydrogen-bond acceptors (Lipinski definition) is 7. The topological polar surface area (TPSA) is 149 Å². The molecule has 4 aromatic rings. The molecule has 3 aromatic carbocycles. The van der Waals surface area contributed by atoms with Crippen molar-refractivity contribution >= 4 is 58.1 Å². The van der Waals surface area contributed by atoms with Gasteiger partial charge in [-0.2, -0.15) is 0 Å². The lowest BCUT2D eigenvalue weighted by atomic mass is 9.99. The van der Waals surface area contributed by atoms with E-state index < -0.39 is 35.5 Å². The highest BCUT2D eigenvalue weighted by Crippen LogP contribution is 2.36. The lowest BCUT2D eigenvalue weighted by Gasteiger charge is -2.27. The Morgan fingerprint density at radius 3 is 2.56 bits per heavy atom. The molecule has 11 nitrogen and oxygen atoms in total. The first-order valence-electron chi connectivity index (χ1n) is 16.5. The summed E-state index contributed by atoms with van der Waals surface area (Å²) >= 11 is 1.43. The number of imide groups is 2. The molecule has 0 radical (unpaired) electrons. The molecule has 3 aliphatic rings. The van der Waals surface area contributed by atoms with E-state index >= 15 is 0 Å². The Balaban J connectivity index is 0.918. The fraction of sp³-hybridized carbons (Fsp3) is 0.297. The smallest absolute Gasteiger partial charge is 0.263 e. The number of carbonyl (C=O) groups excluding carboxylic acids is 6. The lowest BCUT2D eigenvalue weighted by Crippen LogP contribution is -2.54. The summed E-state index contributed by atoms with van der Waals surface area (Å²) in [6, 6.07) is 14.6. The maximum atomic E-state index is 14.3. The van der Waals surface area contributed by atoms with Gasteiger partial charge >= 0.3 is 0 Å². The molecule has 3 N–H and O–H groups in total. The Kier molecular flexibility index (Phi) is 9.00. The zero-order chi connectivity index (χ0) is 35.1. The lowest BCUT2D eigenvalue weighted by molar-refractivity contribution is -0.136. The summed E-state index contributed by atoms with van der Waals surface area (Å²) in [5.74, 6) is -2.25. The molecule has 0 bridgehead atoms. The van der Waals surface area contributed by atoms with Crippen LogP contribution < -0.4 is 10.6 Å². The maximum Gasteiger partial charge on any atom is 0.263 e. The molecule has 4 heterocycles. The zero-order valence-electron chi connectivity index (χ0n) is 27.3. The molecule has 256 valence electrons. The molecule has 6 amide bonds. The molecule has 3 aliphatic heterocycles. The third kappa shape index (κ3) is 6.17. The first-order chi connectivity index (χ1) is 24.1. The van der Waals surface area contributed by atoms with Crippen LogP contribution in [0.5, 0.6) is 0 Å². The van der Waals surface area contributed by atoms with Gasteiger partial charge in [0.05, 0.1) is 16.7 Å². The minimum Gasteiger partial charge on any atom is -0.354 e. The van der Waals surface area contributed by atoms with Crippen LogP contribution in [-0.4, -0.2) is 75.6 Å². The van der Waals surface area contributed by atoms with Crippen molar-refractivity contribution in [2.24, 2.45) is 0 Å². The molecule has 1 atom stereocenters. The predicted molar refractivity (Wildman–Crippen MR) is 184 cm³/mol. The summed E-state index contributed by atoms with van der Waals surface area (Å²) in [5.41, 5.74) is 5.12. The number of benzene rings is 3. The number of amides is 6. The number of halogens is 1. The second kappa shape index (κ2) is 13.5. The largest absolute Gasteiger partial charge is 0.354 e. The molecule has 0 saturated carbocycles. The minimum atomic E-state index is -1.01. The van der Waals surface area contributed by atoms with Crippen LogP contribution in [-0.2, 0) is 27.3 Å². The highest BCUT2D eigenvalue weighted by atomic mass is 32.2. The number of aromatic nitrogens is 1. The van der Waals surface area contributed by atoms with Crippen LogP contribution in [0.1, 0.15) is 74.3 Å². The maximum absolute atomic E-state index is 14.3. The number of nitrogens with zero attached hydrogens (tertiary/aromatic N) is 2. The van der Waals surface area contributed by atoms with Gasteiger partial charge in [-0.15, -0.1) is 11.8 Å². The van der Waals surface area contributed by atoms with Crippen molar-refractivity contribution in [3.63, 3.8) is 0 Å². The van der Waals surface area contributed by atoms with Gasteiger partial charge in [-0.1, -0.05) is 30.3 Å². The van der Waals surface area contributed by atoms with Crippen LogP contribution >= 0.6 is 11.8 Å². The highest BCUT2D eigenvalue weighted by molar-refractivity contribution is 7.99. The van der Waals surface area contributed by atoms with Gasteiger partial charge in [0.1, 0.15) is 11.9 Å². The fourth-order valence-corrected chi connectivity index (χ4v) is 8.02. The molecule has 0 aliphatic carbocycles. The van der Waals surface area contributed by atoms with Gasteiger partial charge in [0, 0.05) is 54.5 Å². The van der Waals surface area contributed by atoms with Gasteiger partial charge in [-0.05, 0) is 72.4 Å². The normalized spacial score (nSPS) is 17.1. The Morgan fingerprint density at radius 1 is 0.980 bits per heavy atom. The average Bonchev–Trinajstić information content (AvgIpc) is 3.51. The van der Waals surface area contributed by atoms with E-state index in [9.17, 15) is 33.2 Å². The molecular formula is C37H34FN5O6S. The quantitative estimate of drug-likeness (QED) is 0.125. The second-order valence-electron chi connectivity index (χ2n) is 12.7. The van der Waals surface area contributed by atoms with Gasteiger partial charge in [-0.3, -0.25) is 39.0 Å². The second-order valence-corrected chi connectivity index (χ2v) is 13.9. The van der Waals surface area contributed by atoms with Crippen LogP contribution in [0, 0.1) is 5.82 Å². The molecule has 1 aromatic heterocycles. The molecule has 1 fully saturated rings. The number of piperidine rings is 1. The number of carbonyl (C=O) groups is 6. The monoisotopic (exact) mass is 695 g/mol. The van der Waals surface area contributed by atoms with E-state index in [1.807, 2.05) is 24.3 Å². The summed E-state index contributed by atoms with van der Waals surface area (Å²) in [7, 11) is 1.76. The first kappa shape index (κ1) is 33.2. The molecule has 1 saturated heterocycles. The number of rotatable bonds is 10. The summed E-state index contributed by atoms with van der Waals surface area (Å²) in [5, 5.41) is 5.79. The molecule has 0 spiro atoms. The zero-order valence-corrected chi connectivity index (χ0v) is 28.1. The van der Waals surface area contributed by atoms with Crippen LogP contribution in [0.2, 0.25) is 0 Å². The van der Waals surface area contributed by atoms with Gasteiger partial charge in [0.25, 0.3) is 17.7 Å². The van der Waals surface area contributed by atoms with Crippen molar-refractivity contribution in [3.05, 3.63) is 88.2 Å². The standard InChI is InChI=1S/C37H34FN5O6S/c1-42(19-20-8-10-21(11-9-20)33-23-14-15-39-34(46)25-17-22(38)18-26(40-33)31(23)25)30(45)7-2-3-16-50-28-6-4-5-24-32(28)37(49)43(36(24)48)27-12-13-29(44)41-35(27)47/h4-6,8-11,17-18,27,40H,2-3,7,12-16,19H2,1H3,(H,39,46)(H,41,44,47). The molecule has 13 heteroatoms. The number of fused-ring (bicyclic) bond motifs is 1. The van der Waals surface area contributed by atoms with Crippen molar-refractivity contribution in [1.82, 2.24) is 25.4 Å². The van der Waals surface area contributed by atoms with Crippen molar-refractivity contribution in [2.45, 2.75) is 56.0 Å². The van der Waals surface area contributed by atoms with Crippen LogP contribution in [0.3, 0.4) is 0 Å². The van der Waals surface area contributed by atoms with Gasteiger partial charge < -0.3 is 15.2 Å². The number of aromatic amines is 1. The molecule has 7 rings (SSSR count). The van der Waals surface area contributed by atoms with Gasteiger partial charge in [-0.25, -0.2) is 4.39 Å². The van der Waals surface area contributed by atoms with E-state index in [1.165, 1.54) is 23.9 Å². The SMILES string of the molecule is CN(Cc1ccc(-c2[nH]c3cc(F)cc4c3c2CCNC4=O)cc1)C(=O)CCCCSc1cccc2c1C(=O)N(C1CCC(=O)NC1=O)C2=O. The summed E-state index contributed by atoms with van der Waals surface area (Å²) in [4.78, 5) is 82.4. The van der Waals surface area contributed by atoms with Crippen molar-refractivity contribution in [3.8, 4) is 11.3 Å². The first-order valence-corrected chi connectivity index (χ1v) is 17.5. The number of thioether (sulfide) groups is 1. The van der Waals surface area contributed by atoms with Crippen molar-refractivity contribution < 1.29 is 33.2 Å². The number of unbranched alkanes of at least 4 members (excludes halogenated alkanes) is 1. The third-order valence-electron chi connectivity index (χ3n) is 9.43. The molecular weight excluding hydrogens is 662 g/mol. The third-order valence-corrected chi connectivity index (χ3v) is 10.6. The van der Waals surface area contributed by atoms with Crippen molar-refractivity contribution in [2.75, 3.05) is 19.3 Å². The van der Waals surface area contributed by atoms with E-state index in [2.05, 4.69) is 15.6 Å². The highest BCUT2D eigenvalue weighted by Gasteiger charge is 2.45. The fourth-order valence-electron chi connectivity index (χ4n) is 6.93. The van der Waals surface area contributed by atoms with E-state index in [4.69, 9.17) is 0 Å². The van der Waals surface area contributed by atoms with E-state index in [-0.39, 0.29) is 35.8 Å². The van der Waals surface area contributed by atoms with E-state index in [1.54, 1.807) is 30.1 Å². The van der Waals surface area contributed by atoms with Crippen LogP contribution in [0.25, 0.3) is 22.2 Å². The predicted octanol–water partition coefficient (Wildman–Crippen LogP) is 4.58. The summed E-state index contributed by atoms with van der Waals surface area (Å²) < 4.78 is 14.3. The number of H-pyrrole nitrogens is 1. The average molecular weight is 696 g/mol. The Labute approximate surface area is 291 Å².